The first kappa shape index (κ1) is 13.3. The lowest BCUT2D eigenvalue weighted by Crippen LogP contribution is -2.11. The zero-order valence-corrected chi connectivity index (χ0v) is 11.6. The van der Waals surface area contributed by atoms with E-state index in [-0.39, 0.29) is 5.41 Å². The van der Waals surface area contributed by atoms with Crippen LogP contribution in [0.15, 0.2) is 18.2 Å². The van der Waals surface area contributed by atoms with Gasteiger partial charge in [-0.15, -0.1) is 0 Å². The predicted octanol–water partition coefficient (Wildman–Crippen LogP) is 5.03. The first-order chi connectivity index (χ1) is 7.43. The van der Waals surface area contributed by atoms with Gasteiger partial charge in [0.1, 0.15) is 0 Å². The molecule has 0 radical (unpaired) electrons. The lowest BCUT2D eigenvalue weighted by molar-refractivity contribution is 0.588. The topological polar surface area (TPSA) is 0 Å². The second kappa shape index (κ2) is 5.52. The summed E-state index contributed by atoms with van der Waals surface area (Å²) in [4.78, 5) is 0. The molecule has 0 aliphatic carbocycles. The highest BCUT2D eigenvalue weighted by molar-refractivity contribution is 5.33. The van der Waals surface area contributed by atoms with Gasteiger partial charge in [-0.3, -0.25) is 0 Å². The Hall–Kier alpha value is -0.780. The highest BCUT2D eigenvalue weighted by Gasteiger charge is 2.14. The van der Waals surface area contributed by atoms with E-state index in [1.165, 1.54) is 42.4 Å². The SMILES string of the molecule is CCCCCc1cc(C)cc(C(C)(C)C)c1. The van der Waals surface area contributed by atoms with Crippen LogP contribution < -0.4 is 0 Å². The van der Waals surface area contributed by atoms with Crippen molar-refractivity contribution in [2.24, 2.45) is 0 Å². The fourth-order valence-corrected chi connectivity index (χ4v) is 2.02. The normalized spacial score (nSPS) is 11.8. The van der Waals surface area contributed by atoms with Gasteiger partial charge in [0.05, 0.1) is 0 Å². The van der Waals surface area contributed by atoms with Gasteiger partial charge in [-0.1, -0.05) is 64.3 Å². The molecule has 0 atom stereocenters. The zero-order chi connectivity index (χ0) is 12.2. The van der Waals surface area contributed by atoms with Crippen molar-refractivity contribution in [3.63, 3.8) is 0 Å². The maximum absolute atomic E-state index is 2.39. The van der Waals surface area contributed by atoms with Crippen molar-refractivity contribution in [3.8, 4) is 0 Å². The zero-order valence-electron chi connectivity index (χ0n) is 11.6. The van der Waals surface area contributed by atoms with Crippen molar-refractivity contribution >= 4 is 0 Å². The number of unbranched alkanes of at least 4 members (excludes halogenated alkanes) is 2. The number of aryl methyl sites for hydroxylation is 2. The summed E-state index contributed by atoms with van der Waals surface area (Å²) in [6, 6.07) is 7.05. The molecule has 0 unspecified atom stereocenters. The van der Waals surface area contributed by atoms with Crippen LogP contribution in [-0.4, -0.2) is 0 Å². The van der Waals surface area contributed by atoms with Crippen LogP contribution in [-0.2, 0) is 11.8 Å². The van der Waals surface area contributed by atoms with Gasteiger partial charge < -0.3 is 0 Å². The molecule has 0 aromatic heterocycles. The highest BCUT2D eigenvalue weighted by Crippen LogP contribution is 2.25. The van der Waals surface area contributed by atoms with E-state index in [2.05, 4.69) is 52.8 Å². The summed E-state index contributed by atoms with van der Waals surface area (Å²) in [5, 5.41) is 0. The standard InChI is InChI=1S/C16H26/c1-6-7-8-9-14-10-13(2)11-15(12-14)16(3,4)5/h10-12H,6-9H2,1-5H3. The Morgan fingerprint density at radius 2 is 1.69 bits per heavy atom. The molecule has 0 N–H and O–H groups in total. The lowest BCUT2D eigenvalue weighted by Gasteiger charge is -2.20. The minimum Gasteiger partial charge on any atom is -0.0654 e. The van der Waals surface area contributed by atoms with E-state index >= 15 is 0 Å². The second-order valence-corrected chi connectivity index (χ2v) is 5.91. The summed E-state index contributed by atoms with van der Waals surface area (Å²) in [6.45, 7) is 11.3. The average molecular weight is 218 g/mol. The quantitative estimate of drug-likeness (QED) is 0.622. The number of hydrogen-bond donors (Lipinski definition) is 0. The molecule has 0 aliphatic rings. The minimum atomic E-state index is 0.269. The van der Waals surface area contributed by atoms with Gasteiger partial charge in [-0.25, -0.2) is 0 Å². The number of benzene rings is 1. The Bertz CT molecular complexity index is 328. The van der Waals surface area contributed by atoms with E-state index in [0.29, 0.717) is 0 Å². The van der Waals surface area contributed by atoms with Gasteiger partial charge in [0.15, 0.2) is 0 Å². The molecule has 0 spiro atoms. The van der Waals surface area contributed by atoms with Gasteiger partial charge in [0.2, 0.25) is 0 Å². The third kappa shape index (κ3) is 4.00. The van der Waals surface area contributed by atoms with Crippen LogP contribution in [0.1, 0.15) is 63.6 Å². The Morgan fingerprint density at radius 1 is 1.00 bits per heavy atom. The molecule has 0 saturated carbocycles. The van der Waals surface area contributed by atoms with Crippen LogP contribution in [0.4, 0.5) is 0 Å². The molecule has 1 rings (SSSR count). The molecule has 0 heterocycles. The van der Waals surface area contributed by atoms with Crippen molar-refractivity contribution in [2.45, 2.75) is 65.7 Å². The predicted molar refractivity (Wildman–Crippen MR) is 73.1 cm³/mol. The summed E-state index contributed by atoms with van der Waals surface area (Å²) in [5.74, 6) is 0. The first-order valence-corrected chi connectivity index (χ1v) is 6.54. The molecule has 0 heteroatoms. The first-order valence-electron chi connectivity index (χ1n) is 6.54. The minimum absolute atomic E-state index is 0.269. The van der Waals surface area contributed by atoms with Gasteiger partial charge in [-0.05, 0) is 36.3 Å². The van der Waals surface area contributed by atoms with Crippen LogP contribution >= 0.6 is 0 Å². The van der Waals surface area contributed by atoms with Crippen molar-refractivity contribution in [2.75, 3.05) is 0 Å². The highest BCUT2D eigenvalue weighted by atomic mass is 14.2. The Balaban J connectivity index is 2.82. The van der Waals surface area contributed by atoms with Gasteiger partial charge >= 0.3 is 0 Å². The third-order valence-corrected chi connectivity index (χ3v) is 3.07. The molecule has 0 saturated heterocycles. The van der Waals surface area contributed by atoms with Crippen LogP contribution in [0, 0.1) is 6.92 Å². The lowest BCUT2D eigenvalue weighted by atomic mass is 9.84. The van der Waals surface area contributed by atoms with Gasteiger partial charge in [-0.2, -0.15) is 0 Å². The number of rotatable bonds is 4. The monoisotopic (exact) mass is 218 g/mol. The smallest absolute Gasteiger partial charge is 0.0132 e. The van der Waals surface area contributed by atoms with Crippen molar-refractivity contribution in [3.05, 3.63) is 34.9 Å². The molecule has 0 nitrogen and oxygen atoms in total. The van der Waals surface area contributed by atoms with Gasteiger partial charge in [0.25, 0.3) is 0 Å². The third-order valence-electron chi connectivity index (χ3n) is 3.07. The molecular formula is C16H26. The van der Waals surface area contributed by atoms with Crippen LogP contribution in [0.5, 0.6) is 0 Å². The largest absolute Gasteiger partial charge is 0.0654 e. The second-order valence-electron chi connectivity index (χ2n) is 5.91. The van der Waals surface area contributed by atoms with E-state index in [9.17, 15) is 0 Å². The van der Waals surface area contributed by atoms with Crippen molar-refractivity contribution in [1.29, 1.82) is 0 Å². The average Bonchev–Trinajstić information content (AvgIpc) is 2.16. The Kier molecular flexibility index (Phi) is 4.58. The molecule has 1 aromatic rings. The van der Waals surface area contributed by atoms with E-state index in [0.717, 1.165) is 0 Å². The molecule has 0 fully saturated rings. The van der Waals surface area contributed by atoms with E-state index < -0.39 is 0 Å². The van der Waals surface area contributed by atoms with E-state index in [1.54, 1.807) is 0 Å². The summed E-state index contributed by atoms with van der Waals surface area (Å²) in [7, 11) is 0. The Morgan fingerprint density at radius 3 is 2.25 bits per heavy atom. The summed E-state index contributed by atoms with van der Waals surface area (Å²) in [5.41, 5.74) is 4.65. The summed E-state index contributed by atoms with van der Waals surface area (Å²) < 4.78 is 0. The molecule has 0 amide bonds. The molecule has 1 aromatic carbocycles. The summed E-state index contributed by atoms with van der Waals surface area (Å²) in [6.07, 6.45) is 5.21. The van der Waals surface area contributed by atoms with Gasteiger partial charge in [0, 0.05) is 0 Å². The summed E-state index contributed by atoms with van der Waals surface area (Å²) >= 11 is 0. The Labute approximate surface area is 101 Å². The van der Waals surface area contributed by atoms with Crippen LogP contribution in [0.3, 0.4) is 0 Å². The number of hydrogen-bond acceptors (Lipinski definition) is 0. The van der Waals surface area contributed by atoms with Crippen LogP contribution in [0.2, 0.25) is 0 Å². The van der Waals surface area contributed by atoms with Crippen LogP contribution in [0.25, 0.3) is 0 Å². The van der Waals surface area contributed by atoms with E-state index in [4.69, 9.17) is 0 Å². The molecule has 90 valence electrons. The van der Waals surface area contributed by atoms with Crippen molar-refractivity contribution in [1.82, 2.24) is 0 Å². The fraction of sp³-hybridized carbons (Fsp3) is 0.625. The maximum Gasteiger partial charge on any atom is -0.0132 e. The fourth-order valence-electron chi connectivity index (χ4n) is 2.02. The molecular weight excluding hydrogens is 192 g/mol. The van der Waals surface area contributed by atoms with Crippen molar-refractivity contribution < 1.29 is 0 Å². The van der Waals surface area contributed by atoms with E-state index in [1.807, 2.05) is 0 Å². The molecule has 16 heavy (non-hydrogen) atoms. The molecule has 0 bridgehead atoms. The molecule has 0 aliphatic heterocycles. The maximum atomic E-state index is 2.39.